The van der Waals surface area contributed by atoms with Crippen molar-refractivity contribution in [1.29, 1.82) is 0 Å². The minimum absolute atomic E-state index is 0.0414. The van der Waals surface area contributed by atoms with Gasteiger partial charge in [0.05, 0.1) is 6.61 Å². The second-order valence-corrected chi connectivity index (χ2v) is 7.97. The number of halogens is 1. The molecular weight excluding hydrogens is 373 g/mol. The second kappa shape index (κ2) is 10.4. The second-order valence-electron chi connectivity index (χ2n) is 7.97. The molecule has 0 saturated carbocycles. The highest BCUT2D eigenvalue weighted by atomic mass is 19.1. The lowest BCUT2D eigenvalue weighted by molar-refractivity contribution is -0.127. The Hall–Kier alpha value is -2.35. The van der Waals surface area contributed by atoms with Crippen LogP contribution in [0.4, 0.5) is 10.1 Å². The van der Waals surface area contributed by atoms with Crippen molar-refractivity contribution in [2.75, 3.05) is 58.4 Å². The zero-order valence-corrected chi connectivity index (χ0v) is 17.4. The molecule has 2 unspecified atom stereocenters. The number of hydrogen-bond acceptors (Lipinski definition) is 4. The molecule has 0 radical (unpaired) electrons. The summed E-state index contributed by atoms with van der Waals surface area (Å²) in [7, 11) is 3.46. The fourth-order valence-corrected chi connectivity index (χ4v) is 3.62. The van der Waals surface area contributed by atoms with Gasteiger partial charge in [-0.3, -0.25) is 4.79 Å². The molecule has 7 nitrogen and oxygen atoms in total. The van der Waals surface area contributed by atoms with Gasteiger partial charge in [-0.15, -0.1) is 0 Å². The molecule has 0 bridgehead atoms. The molecule has 2 aliphatic rings. The standard InChI is InChI=1S/C21H32FN5O2/c1-26(2)20(28)13-24-21(23-12-16-8-10-29-15-16)25-18-6-4-9-27(14-18)19-7-3-5-17(22)11-19/h3,5,7,11,16,18H,4,6,8-10,12-15H2,1-2H3,(H2,23,24,25). The van der Waals surface area contributed by atoms with Crippen LogP contribution in [0.25, 0.3) is 0 Å². The van der Waals surface area contributed by atoms with Crippen molar-refractivity contribution in [3.05, 3.63) is 30.1 Å². The lowest BCUT2D eigenvalue weighted by Crippen LogP contribution is -2.52. The highest BCUT2D eigenvalue weighted by Crippen LogP contribution is 2.20. The van der Waals surface area contributed by atoms with Crippen molar-refractivity contribution in [3.63, 3.8) is 0 Å². The van der Waals surface area contributed by atoms with Crippen LogP contribution in [-0.4, -0.2) is 76.3 Å². The molecule has 1 aromatic rings. The Kier molecular flexibility index (Phi) is 7.69. The summed E-state index contributed by atoms with van der Waals surface area (Å²) >= 11 is 0. The van der Waals surface area contributed by atoms with Crippen molar-refractivity contribution < 1.29 is 13.9 Å². The lowest BCUT2D eigenvalue weighted by atomic mass is 10.0. The van der Waals surface area contributed by atoms with Crippen LogP contribution < -0.4 is 15.5 Å². The van der Waals surface area contributed by atoms with Crippen molar-refractivity contribution in [1.82, 2.24) is 15.5 Å². The molecule has 8 heteroatoms. The summed E-state index contributed by atoms with van der Waals surface area (Å²) in [6.45, 7) is 4.09. The number of ether oxygens (including phenoxy) is 1. The Balaban J connectivity index is 1.61. The number of carbonyl (C=O) groups is 1. The molecule has 2 heterocycles. The predicted molar refractivity (Wildman–Crippen MR) is 113 cm³/mol. The third-order valence-corrected chi connectivity index (χ3v) is 5.39. The number of likely N-dealkylation sites (N-methyl/N-ethyl adjacent to an activating group) is 1. The first-order valence-electron chi connectivity index (χ1n) is 10.3. The monoisotopic (exact) mass is 405 g/mol. The lowest BCUT2D eigenvalue weighted by Gasteiger charge is -2.35. The number of benzene rings is 1. The van der Waals surface area contributed by atoms with Gasteiger partial charge in [0.1, 0.15) is 12.4 Å². The molecule has 29 heavy (non-hydrogen) atoms. The molecule has 2 N–H and O–H groups in total. The average Bonchev–Trinajstić information content (AvgIpc) is 3.23. The van der Waals surface area contributed by atoms with Crippen LogP contribution in [0.2, 0.25) is 0 Å². The molecule has 2 saturated heterocycles. The van der Waals surface area contributed by atoms with Gasteiger partial charge in [-0.25, -0.2) is 9.38 Å². The average molecular weight is 406 g/mol. The number of hydrogen-bond donors (Lipinski definition) is 2. The van der Waals surface area contributed by atoms with Gasteiger partial charge >= 0.3 is 0 Å². The minimum Gasteiger partial charge on any atom is -0.381 e. The summed E-state index contributed by atoms with van der Waals surface area (Å²) in [6.07, 6.45) is 3.04. The van der Waals surface area contributed by atoms with Crippen LogP contribution in [-0.2, 0) is 9.53 Å². The summed E-state index contributed by atoms with van der Waals surface area (Å²) in [5, 5.41) is 6.86. The Morgan fingerprint density at radius 3 is 2.97 bits per heavy atom. The van der Waals surface area contributed by atoms with Crippen molar-refractivity contribution in [3.8, 4) is 0 Å². The highest BCUT2D eigenvalue weighted by molar-refractivity contribution is 5.85. The number of guanidine groups is 1. The Morgan fingerprint density at radius 2 is 2.24 bits per heavy atom. The summed E-state index contributed by atoms with van der Waals surface area (Å²) < 4.78 is 19.0. The molecular formula is C21H32FN5O2. The summed E-state index contributed by atoms with van der Waals surface area (Å²) in [5.41, 5.74) is 0.897. The third kappa shape index (κ3) is 6.59. The quantitative estimate of drug-likeness (QED) is 0.554. The molecule has 0 aromatic heterocycles. The maximum Gasteiger partial charge on any atom is 0.243 e. The van der Waals surface area contributed by atoms with E-state index in [2.05, 4.69) is 20.5 Å². The van der Waals surface area contributed by atoms with E-state index >= 15 is 0 Å². The molecule has 2 atom stereocenters. The fourth-order valence-electron chi connectivity index (χ4n) is 3.62. The van der Waals surface area contributed by atoms with E-state index in [0.717, 1.165) is 57.8 Å². The van der Waals surface area contributed by atoms with E-state index in [1.54, 1.807) is 26.2 Å². The van der Waals surface area contributed by atoms with E-state index in [-0.39, 0.29) is 24.3 Å². The SMILES string of the molecule is CN(C)C(=O)CN=C(NCC1CCOC1)NC1CCCN(c2cccc(F)c2)C1. The largest absolute Gasteiger partial charge is 0.381 e. The topological polar surface area (TPSA) is 69.2 Å². The summed E-state index contributed by atoms with van der Waals surface area (Å²) in [5.74, 6) is 0.850. The molecule has 160 valence electrons. The van der Waals surface area contributed by atoms with E-state index in [0.29, 0.717) is 11.9 Å². The summed E-state index contributed by atoms with van der Waals surface area (Å²) in [4.78, 5) is 20.2. The molecule has 3 rings (SSSR count). The Bertz CT molecular complexity index is 706. The van der Waals surface area contributed by atoms with Gasteiger partial charge < -0.3 is 25.2 Å². The first kappa shape index (κ1) is 21.4. The molecule has 1 amide bonds. The predicted octanol–water partition coefficient (Wildman–Crippen LogP) is 1.45. The Labute approximate surface area is 172 Å². The first-order chi connectivity index (χ1) is 14.0. The van der Waals surface area contributed by atoms with Crippen LogP contribution in [0, 0.1) is 11.7 Å². The number of aliphatic imine (C=N–C) groups is 1. The van der Waals surface area contributed by atoms with Gasteiger partial charge in [0.25, 0.3) is 0 Å². The van der Waals surface area contributed by atoms with E-state index in [1.165, 1.54) is 11.0 Å². The number of anilines is 1. The first-order valence-corrected chi connectivity index (χ1v) is 10.3. The maximum absolute atomic E-state index is 13.6. The maximum atomic E-state index is 13.6. The molecule has 2 fully saturated rings. The third-order valence-electron chi connectivity index (χ3n) is 5.39. The fraction of sp³-hybridized carbons (Fsp3) is 0.619. The van der Waals surface area contributed by atoms with Crippen molar-refractivity contribution >= 4 is 17.6 Å². The zero-order valence-electron chi connectivity index (χ0n) is 17.4. The molecule has 2 aliphatic heterocycles. The van der Waals surface area contributed by atoms with Crippen LogP contribution in [0.1, 0.15) is 19.3 Å². The van der Waals surface area contributed by atoms with Gasteiger partial charge in [-0.2, -0.15) is 0 Å². The number of nitrogens with one attached hydrogen (secondary N) is 2. The summed E-state index contributed by atoms with van der Waals surface area (Å²) in [6, 6.07) is 6.89. The van der Waals surface area contributed by atoms with Gasteiger partial charge in [-0.05, 0) is 37.5 Å². The minimum atomic E-state index is -0.220. The Morgan fingerprint density at radius 1 is 1.38 bits per heavy atom. The van der Waals surface area contributed by atoms with Gasteiger partial charge in [0.15, 0.2) is 5.96 Å². The number of nitrogens with zero attached hydrogens (tertiary/aromatic N) is 3. The van der Waals surface area contributed by atoms with E-state index < -0.39 is 0 Å². The van der Waals surface area contributed by atoms with Crippen LogP contribution in [0.5, 0.6) is 0 Å². The van der Waals surface area contributed by atoms with Crippen LogP contribution in [0.3, 0.4) is 0 Å². The number of amides is 1. The van der Waals surface area contributed by atoms with E-state index in [1.807, 2.05) is 6.07 Å². The van der Waals surface area contributed by atoms with Crippen molar-refractivity contribution in [2.24, 2.45) is 10.9 Å². The normalized spacial score (nSPS) is 22.4. The number of carbonyl (C=O) groups excluding carboxylic acids is 1. The zero-order chi connectivity index (χ0) is 20.6. The van der Waals surface area contributed by atoms with Gasteiger partial charge in [0.2, 0.25) is 5.91 Å². The molecule has 1 aromatic carbocycles. The smallest absolute Gasteiger partial charge is 0.243 e. The van der Waals surface area contributed by atoms with Gasteiger partial charge in [-0.1, -0.05) is 6.07 Å². The van der Waals surface area contributed by atoms with Crippen LogP contribution in [0.15, 0.2) is 29.3 Å². The molecule has 0 aliphatic carbocycles. The van der Waals surface area contributed by atoms with E-state index in [4.69, 9.17) is 4.74 Å². The molecule has 0 spiro atoms. The number of rotatable bonds is 6. The van der Waals surface area contributed by atoms with E-state index in [9.17, 15) is 9.18 Å². The van der Waals surface area contributed by atoms with Gasteiger partial charge in [0, 0.05) is 58.0 Å². The highest BCUT2D eigenvalue weighted by Gasteiger charge is 2.22. The van der Waals surface area contributed by atoms with Crippen molar-refractivity contribution in [2.45, 2.75) is 25.3 Å². The van der Waals surface area contributed by atoms with Crippen LogP contribution >= 0.6 is 0 Å². The number of piperidine rings is 1.